The van der Waals surface area contributed by atoms with Crippen LogP contribution in [0.1, 0.15) is 33.2 Å². The second-order valence-electron chi connectivity index (χ2n) is 4.60. The van der Waals surface area contributed by atoms with E-state index in [9.17, 15) is 4.79 Å². The fourth-order valence-corrected chi connectivity index (χ4v) is 2.25. The quantitative estimate of drug-likeness (QED) is 0.871. The number of aryl methyl sites for hydroxylation is 1. The Balaban J connectivity index is 2.57. The minimum atomic E-state index is -0.101. The third-order valence-electron chi connectivity index (χ3n) is 2.75. The molecule has 0 aromatic carbocycles. The smallest absolute Gasteiger partial charge is 0.266 e. The first-order valence-electron chi connectivity index (χ1n) is 6.30. The summed E-state index contributed by atoms with van der Waals surface area (Å²) in [5.74, 6) is 0.657. The van der Waals surface area contributed by atoms with Crippen molar-refractivity contribution in [3.63, 3.8) is 0 Å². The van der Waals surface area contributed by atoms with Crippen molar-refractivity contribution >= 4 is 12.2 Å². The first-order valence-corrected chi connectivity index (χ1v) is 6.71. The monoisotopic (exact) mass is 279 g/mol. The Bertz CT molecular complexity index is 682. The molecular formula is C12H17N5OS. The standard InChI is InChI=1S/C12H17N5OS/c1-4-7-16-10(18)6-5-9(15-16)11-13-14-12(19)17(11)8(2)3/h5-6,8H,4,7H2,1-3H3,(H,14,19). The third-order valence-corrected chi connectivity index (χ3v) is 3.04. The van der Waals surface area contributed by atoms with Crippen LogP contribution in [0.25, 0.3) is 11.5 Å². The highest BCUT2D eigenvalue weighted by Crippen LogP contribution is 2.17. The molecule has 0 unspecified atom stereocenters. The molecule has 1 N–H and O–H groups in total. The Kier molecular flexibility index (Phi) is 3.94. The molecule has 0 aliphatic carbocycles. The largest absolute Gasteiger partial charge is 0.296 e. The van der Waals surface area contributed by atoms with Gasteiger partial charge in [-0.1, -0.05) is 6.92 Å². The molecule has 6 nitrogen and oxygen atoms in total. The average Bonchev–Trinajstić information content (AvgIpc) is 2.74. The first kappa shape index (κ1) is 13.7. The second-order valence-corrected chi connectivity index (χ2v) is 4.98. The summed E-state index contributed by atoms with van der Waals surface area (Å²) < 4.78 is 3.90. The molecule has 0 bridgehead atoms. The van der Waals surface area contributed by atoms with Gasteiger partial charge in [-0.25, -0.2) is 4.68 Å². The van der Waals surface area contributed by atoms with Gasteiger partial charge in [-0.2, -0.15) is 10.2 Å². The molecule has 2 rings (SSSR count). The molecule has 0 atom stereocenters. The van der Waals surface area contributed by atoms with Gasteiger partial charge in [0.25, 0.3) is 5.56 Å². The zero-order chi connectivity index (χ0) is 14.0. The van der Waals surface area contributed by atoms with E-state index in [1.54, 1.807) is 6.07 Å². The maximum absolute atomic E-state index is 11.7. The highest BCUT2D eigenvalue weighted by atomic mass is 32.1. The molecule has 0 amide bonds. The molecule has 2 aromatic rings. The number of rotatable bonds is 4. The van der Waals surface area contributed by atoms with Crippen molar-refractivity contribution in [2.24, 2.45) is 0 Å². The van der Waals surface area contributed by atoms with Gasteiger partial charge in [0, 0.05) is 18.7 Å². The highest BCUT2D eigenvalue weighted by Gasteiger charge is 2.13. The van der Waals surface area contributed by atoms with E-state index in [1.165, 1.54) is 10.7 Å². The van der Waals surface area contributed by atoms with Gasteiger partial charge in [0.1, 0.15) is 5.69 Å². The van der Waals surface area contributed by atoms with Gasteiger partial charge in [-0.15, -0.1) is 0 Å². The van der Waals surface area contributed by atoms with Gasteiger partial charge in [0.2, 0.25) is 0 Å². The lowest BCUT2D eigenvalue weighted by atomic mass is 10.3. The zero-order valence-electron chi connectivity index (χ0n) is 11.3. The SMILES string of the molecule is CCCn1nc(-c2n[nH]c(=S)n2C(C)C)ccc1=O. The number of hydrogen-bond donors (Lipinski definition) is 1. The van der Waals surface area contributed by atoms with Crippen molar-refractivity contribution < 1.29 is 0 Å². The van der Waals surface area contributed by atoms with Crippen molar-refractivity contribution in [1.29, 1.82) is 0 Å². The summed E-state index contributed by atoms with van der Waals surface area (Å²) in [6.45, 7) is 6.65. The van der Waals surface area contributed by atoms with Crippen molar-refractivity contribution in [1.82, 2.24) is 24.5 Å². The van der Waals surface area contributed by atoms with Gasteiger partial charge >= 0.3 is 0 Å². The van der Waals surface area contributed by atoms with E-state index in [1.807, 2.05) is 25.3 Å². The van der Waals surface area contributed by atoms with Gasteiger partial charge < -0.3 is 0 Å². The van der Waals surface area contributed by atoms with Crippen LogP contribution in [-0.4, -0.2) is 24.5 Å². The van der Waals surface area contributed by atoms with Crippen LogP contribution >= 0.6 is 12.2 Å². The molecule has 0 aliphatic heterocycles. The van der Waals surface area contributed by atoms with Crippen LogP contribution in [0.2, 0.25) is 0 Å². The van der Waals surface area contributed by atoms with Crippen LogP contribution < -0.4 is 5.56 Å². The van der Waals surface area contributed by atoms with E-state index < -0.39 is 0 Å². The molecule has 0 spiro atoms. The Morgan fingerprint density at radius 1 is 1.42 bits per heavy atom. The maximum Gasteiger partial charge on any atom is 0.266 e. The molecule has 2 heterocycles. The molecule has 7 heteroatoms. The lowest BCUT2D eigenvalue weighted by Crippen LogP contribution is -2.22. The Morgan fingerprint density at radius 2 is 2.16 bits per heavy atom. The van der Waals surface area contributed by atoms with E-state index in [4.69, 9.17) is 12.2 Å². The molecule has 19 heavy (non-hydrogen) atoms. The third kappa shape index (κ3) is 2.65. The summed E-state index contributed by atoms with van der Waals surface area (Å²) >= 11 is 5.21. The molecule has 2 aromatic heterocycles. The van der Waals surface area contributed by atoms with Gasteiger partial charge in [-0.05, 0) is 38.6 Å². The second kappa shape index (κ2) is 5.48. The topological polar surface area (TPSA) is 68.5 Å². The summed E-state index contributed by atoms with van der Waals surface area (Å²) in [5, 5.41) is 11.3. The van der Waals surface area contributed by atoms with E-state index in [0.29, 0.717) is 22.8 Å². The van der Waals surface area contributed by atoms with E-state index in [0.717, 1.165) is 6.42 Å². The molecule has 0 saturated carbocycles. The van der Waals surface area contributed by atoms with Crippen molar-refractivity contribution in [2.75, 3.05) is 0 Å². The minimum Gasteiger partial charge on any atom is -0.296 e. The van der Waals surface area contributed by atoms with Crippen LogP contribution in [0.5, 0.6) is 0 Å². The lowest BCUT2D eigenvalue weighted by Gasteiger charge is -2.10. The summed E-state index contributed by atoms with van der Waals surface area (Å²) in [5.41, 5.74) is 0.546. The first-order chi connectivity index (χ1) is 9.04. The fraction of sp³-hybridized carbons (Fsp3) is 0.500. The number of aromatic amines is 1. The predicted octanol–water partition coefficient (Wildman–Crippen LogP) is 2.16. The minimum absolute atomic E-state index is 0.101. The molecule has 0 radical (unpaired) electrons. The van der Waals surface area contributed by atoms with Crippen LogP contribution in [0, 0.1) is 4.77 Å². The van der Waals surface area contributed by atoms with E-state index in [-0.39, 0.29) is 11.6 Å². The Hall–Kier alpha value is -1.76. The predicted molar refractivity (Wildman–Crippen MR) is 75.6 cm³/mol. The van der Waals surface area contributed by atoms with Crippen molar-refractivity contribution in [3.8, 4) is 11.5 Å². The van der Waals surface area contributed by atoms with Gasteiger partial charge in [-0.3, -0.25) is 14.5 Å². The summed E-state index contributed by atoms with van der Waals surface area (Å²) in [7, 11) is 0. The van der Waals surface area contributed by atoms with Crippen LogP contribution in [0.4, 0.5) is 0 Å². The van der Waals surface area contributed by atoms with Gasteiger partial charge in [0.05, 0.1) is 0 Å². The van der Waals surface area contributed by atoms with Crippen LogP contribution in [-0.2, 0) is 6.54 Å². The molecule has 0 saturated heterocycles. The number of nitrogens with one attached hydrogen (secondary N) is 1. The van der Waals surface area contributed by atoms with Crippen molar-refractivity contribution in [2.45, 2.75) is 39.8 Å². The Morgan fingerprint density at radius 3 is 2.79 bits per heavy atom. The number of nitrogens with zero attached hydrogens (tertiary/aromatic N) is 4. The summed E-state index contributed by atoms with van der Waals surface area (Å²) in [6, 6.07) is 3.37. The number of H-pyrrole nitrogens is 1. The fourth-order valence-electron chi connectivity index (χ4n) is 1.90. The average molecular weight is 279 g/mol. The van der Waals surface area contributed by atoms with Crippen molar-refractivity contribution in [3.05, 3.63) is 27.3 Å². The van der Waals surface area contributed by atoms with Gasteiger partial charge in [0.15, 0.2) is 10.6 Å². The Labute approximate surface area is 116 Å². The highest BCUT2D eigenvalue weighted by molar-refractivity contribution is 7.71. The number of aromatic nitrogens is 5. The summed E-state index contributed by atoms with van der Waals surface area (Å²) in [6.07, 6.45) is 0.855. The van der Waals surface area contributed by atoms with Crippen LogP contribution in [0.3, 0.4) is 0 Å². The van der Waals surface area contributed by atoms with Crippen LogP contribution in [0.15, 0.2) is 16.9 Å². The molecule has 0 fully saturated rings. The zero-order valence-corrected chi connectivity index (χ0v) is 12.1. The molecular weight excluding hydrogens is 262 g/mol. The molecule has 102 valence electrons. The van der Waals surface area contributed by atoms with E-state index >= 15 is 0 Å². The molecule has 0 aliphatic rings. The number of hydrogen-bond acceptors (Lipinski definition) is 4. The lowest BCUT2D eigenvalue weighted by molar-refractivity contribution is 0.562. The normalized spacial score (nSPS) is 11.2. The van der Waals surface area contributed by atoms with E-state index in [2.05, 4.69) is 15.3 Å². The maximum atomic E-state index is 11.7. The summed E-state index contributed by atoms with van der Waals surface area (Å²) in [4.78, 5) is 11.7.